The number of rotatable bonds is 3. The van der Waals surface area contributed by atoms with Crippen molar-refractivity contribution in [2.75, 3.05) is 5.32 Å². The van der Waals surface area contributed by atoms with Crippen LogP contribution in [0.15, 0.2) is 54.6 Å². The lowest BCUT2D eigenvalue weighted by molar-refractivity contribution is -0.123. The van der Waals surface area contributed by atoms with E-state index in [1.807, 2.05) is 54.6 Å². The molecule has 0 saturated carbocycles. The van der Waals surface area contributed by atoms with Gasteiger partial charge < -0.3 is 10.6 Å². The minimum atomic E-state index is -0.0684. The van der Waals surface area contributed by atoms with Crippen LogP contribution in [0.25, 0.3) is 0 Å². The van der Waals surface area contributed by atoms with Crippen molar-refractivity contribution in [1.82, 2.24) is 5.32 Å². The van der Waals surface area contributed by atoms with E-state index >= 15 is 0 Å². The standard InChI is InChI=1S/C18H20N2O/c1-13-11-16(15-9-5-6-10-17(15)20-13)18(21)19-12-14-7-3-2-4-8-14/h2-10,13,16,20H,11-12H2,1H3,(H,19,21). The summed E-state index contributed by atoms with van der Waals surface area (Å²) in [5.41, 5.74) is 3.30. The van der Waals surface area contributed by atoms with Gasteiger partial charge in [-0.25, -0.2) is 0 Å². The van der Waals surface area contributed by atoms with Crippen LogP contribution in [0.2, 0.25) is 0 Å². The number of benzene rings is 2. The zero-order valence-corrected chi connectivity index (χ0v) is 12.2. The van der Waals surface area contributed by atoms with E-state index in [1.54, 1.807) is 0 Å². The fourth-order valence-corrected chi connectivity index (χ4v) is 2.89. The third-order valence-corrected chi connectivity index (χ3v) is 3.95. The Labute approximate surface area is 125 Å². The highest BCUT2D eigenvalue weighted by molar-refractivity contribution is 5.86. The SMILES string of the molecule is CC1CC(C(=O)NCc2ccccc2)c2ccccc2N1. The van der Waals surface area contributed by atoms with Crippen molar-refractivity contribution >= 4 is 11.6 Å². The maximum absolute atomic E-state index is 12.5. The molecule has 2 unspecified atom stereocenters. The van der Waals surface area contributed by atoms with E-state index in [4.69, 9.17) is 0 Å². The van der Waals surface area contributed by atoms with Crippen molar-refractivity contribution in [3.05, 3.63) is 65.7 Å². The van der Waals surface area contributed by atoms with Crippen LogP contribution in [0.4, 0.5) is 5.69 Å². The first-order valence-electron chi connectivity index (χ1n) is 7.41. The van der Waals surface area contributed by atoms with Crippen LogP contribution < -0.4 is 10.6 Å². The van der Waals surface area contributed by atoms with E-state index < -0.39 is 0 Å². The number of carbonyl (C=O) groups excluding carboxylic acids is 1. The van der Waals surface area contributed by atoms with E-state index in [1.165, 1.54) is 0 Å². The number of hydrogen-bond acceptors (Lipinski definition) is 2. The molecule has 0 radical (unpaired) electrons. The second-order valence-electron chi connectivity index (χ2n) is 5.62. The van der Waals surface area contributed by atoms with Crippen molar-refractivity contribution < 1.29 is 4.79 Å². The van der Waals surface area contributed by atoms with Crippen LogP contribution in [0.5, 0.6) is 0 Å². The lowest BCUT2D eigenvalue weighted by Crippen LogP contribution is -2.35. The van der Waals surface area contributed by atoms with E-state index in [0.29, 0.717) is 12.6 Å². The molecule has 2 aromatic rings. The highest BCUT2D eigenvalue weighted by Crippen LogP contribution is 2.34. The fraction of sp³-hybridized carbons (Fsp3) is 0.278. The van der Waals surface area contributed by atoms with Crippen LogP contribution in [-0.2, 0) is 11.3 Å². The number of carbonyl (C=O) groups is 1. The van der Waals surface area contributed by atoms with Crippen molar-refractivity contribution in [2.45, 2.75) is 31.8 Å². The molecule has 0 bridgehead atoms. The molecule has 3 heteroatoms. The van der Waals surface area contributed by atoms with Gasteiger partial charge >= 0.3 is 0 Å². The van der Waals surface area contributed by atoms with Crippen LogP contribution in [-0.4, -0.2) is 11.9 Å². The van der Waals surface area contributed by atoms with Crippen molar-refractivity contribution in [3.63, 3.8) is 0 Å². The minimum Gasteiger partial charge on any atom is -0.382 e. The third kappa shape index (κ3) is 3.07. The number of hydrogen-bond donors (Lipinski definition) is 2. The first-order valence-corrected chi connectivity index (χ1v) is 7.41. The summed E-state index contributed by atoms with van der Waals surface area (Å²) in [6.45, 7) is 2.70. The summed E-state index contributed by atoms with van der Waals surface area (Å²) in [6, 6.07) is 18.4. The molecule has 1 heterocycles. The Morgan fingerprint density at radius 3 is 2.67 bits per heavy atom. The number of nitrogens with one attached hydrogen (secondary N) is 2. The second kappa shape index (κ2) is 6.00. The first-order chi connectivity index (χ1) is 10.2. The van der Waals surface area contributed by atoms with Gasteiger partial charge in [0, 0.05) is 18.3 Å². The summed E-state index contributed by atoms with van der Waals surface area (Å²) in [4.78, 5) is 12.5. The molecular formula is C18H20N2O. The Morgan fingerprint density at radius 1 is 1.14 bits per heavy atom. The predicted octanol–water partition coefficient (Wildman–Crippen LogP) is 3.29. The summed E-state index contributed by atoms with van der Waals surface area (Å²) in [7, 11) is 0. The van der Waals surface area contributed by atoms with Gasteiger partial charge in [0.2, 0.25) is 5.91 Å². The molecule has 2 N–H and O–H groups in total. The zero-order valence-electron chi connectivity index (χ0n) is 12.2. The van der Waals surface area contributed by atoms with Gasteiger partial charge in [-0.05, 0) is 30.5 Å². The summed E-state index contributed by atoms with van der Waals surface area (Å²) in [5.74, 6) is 0.0424. The normalized spacial score (nSPS) is 20.2. The smallest absolute Gasteiger partial charge is 0.227 e. The molecule has 0 saturated heterocycles. The molecule has 1 aliphatic heterocycles. The molecule has 3 rings (SSSR count). The van der Waals surface area contributed by atoms with Crippen molar-refractivity contribution in [3.8, 4) is 0 Å². The molecule has 3 nitrogen and oxygen atoms in total. The Morgan fingerprint density at radius 2 is 1.86 bits per heavy atom. The highest BCUT2D eigenvalue weighted by Gasteiger charge is 2.29. The maximum Gasteiger partial charge on any atom is 0.227 e. The molecule has 1 amide bonds. The van der Waals surface area contributed by atoms with E-state index in [-0.39, 0.29) is 11.8 Å². The van der Waals surface area contributed by atoms with Gasteiger partial charge in [0.25, 0.3) is 0 Å². The van der Waals surface area contributed by atoms with Gasteiger partial charge in [-0.1, -0.05) is 48.5 Å². The summed E-state index contributed by atoms with van der Waals surface area (Å²) in [6.07, 6.45) is 0.831. The van der Waals surface area contributed by atoms with Gasteiger partial charge in [-0.2, -0.15) is 0 Å². The topological polar surface area (TPSA) is 41.1 Å². The average Bonchev–Trinajstić information content (AvgIpc) is 2.52. The number of fused-ring (bicyclic) bond motifs is 1. The molecule has 108 valence electrons. The van der Waals surface area contributed by atoms with Crippen LogP contribution in [0.1, 0.15) is 30.4 Å². The number of para-hydroxylation sites is 1. The Bertz CT molecular complexity index is 624. The molecule has 0 aliphatic carbocycles. The lowest BCUT2D eigenvalue weighted by Gasteiger charge is -2.30. The summed E-state index contributed by atoms with van der Waals surface area (Å²) >= 11 is 0. The highest BCUT2D eigenvalue weighted by atomic mass is 16.1. The largest absolute Gasteiger partial charge is 0.382 e. The van der Waals surface area contributed by atoms with Gasteiger partial charge in [-0.3, -0.25) is 4.79 Å². The Hall–Kier alpha value is -2.29. The molecule has 0 aromatic heterocycles. The van der Waals surface area contributed by atoms with Gasteiger partial charge in [-0.15, -0.1) is 0 Å². The average molecular weight is 280 g/mol. The zero-order chi connectivity index (χ0) is 14.7. The predicted molar refractivity (Wildman–Crippen MR) is 85.2 cm³/mol. The molecule has 1 aliphatic rings. The Kier molecular flexibility index (Phi) is 3.91. The molecule has 2 aromatic carbocycles. The molecule has 21 heavy (non-hydrogen) atoms. The summed E-state index contributed by atoms with van der Waals surface area (Å²) < 4.78 is 0. The third-order valence-electron chi connectivity index (χ3n) is 3.95. The quantitative estimate of drug-likeness (QED) is 0.906. The van der Waals surface area contributed by atoms with Crippen molar-refractivity contribution in [1.29, 1.82) is 0 Å². The van der Waals surface area contributed by atoms with Gasteiger partial charge in [0.15, 0.2) is 0 Å². The van der Waals surface area contributed by atoms with E-state index in [9.17, 15) is 4.79 Å². The number of amides is 1. The maximum atomic E-state index is 12.5. The van der Waals surface area contributed by atoms with E-state index in [0.717, 1.165) is 23.2 Å². The van der Waals surface area contributed by atoms with Gasteiger partial charge in [0.1, 0.15) is 0 Å². The molecule has 0 spiro atoms. The fourth-order valence-electron chi connectivity index (χ4n) is 2.89. The van der Waals surface area contributed by atoms with Crippen LogP contribution >= 0.6 is 0 Å². The van der Waals surface area contributed by atoms with Crippen LogP contribution in [0.3, 0.4) is 0 Å². The second-order valence-corrected chi connectivity index (χ2v) is 5.62. The molecular weight excluding hydrogens is 260 g/mol. The summed E-state index contributed by atoms with van der Waals surface area (Å²) in [5, 5.41) is 6.50. The number of anilines is 1. The lowest BCUT2D eigenvalue weighted by atomic mass is 9.87. The molecule has 0 fully saturated rings. The monoisotopic (exact) mass is 280 g/mol. The van der Waals surface area contributed by atoms with Crippen LogP contribution in [0, 0.1) is 0 Å². The molecule has 2 atom stereocenters. The van der Waals surface area contributed by atoms with E-state index in [2.05, 4.69) is 17.6 Å². The van der Waals surface area contributed by atoms with Gasteiger partial charge in [0.05, 0.1) is 5.92 Å². The first kappa shape index (κ1) is 13.7. The van der Waals surface area contributed by atoms with Crippen molar-refractivity contribution in [2.24, 2.45) is 0 Å². The Balaban J connectivity index is 1.73. The minimum absolute atomic E-state index is 0.0684.